The monoisotopic (exact) mass is 250 g/mol. The summed E-state index contributed by atoms with van der Waals surface area (Å²) in [7, 11) is 0. The van der Waals surface area contributed by atoms with E-state index in [2.05, 4.69) is 72.8 Å². The van der Waals surface area contributed by atoms with E-state index < -0.39 is 0 Å². The largest absolute Gasteiger partial charge is 0.297 e. The number of fused-ring (bicyclic) bond motifs is 1. The van der Waals surface area contributed by atoms with E-state index in [1.165, 1.54) is 16.8 Å². The third-order valence-electron chi connectivity index (χ3n) is 3.52. The number of benzene rings is 2. The number of imidazole rings is 1. The van der Waals surface area contributed by atoms with Crippen LogP contribution in [0.3, 0.4) is 0 Å². The van der Waals surface area contributed by atoms with Crippen molar-refractivity contribution < 1.29 is 0 Å². The van der Waals surface area contributed by atoms with Gasteiger partial charge in [-0.25, -0.2) is 4.98 Å². The van der Waals surface area contributed by atoms with Crippen LogP contribution >= 0.6 is 0 Å². The zero-order chi connectivity index (χ0) is 13.4. The predicted octanol–water partition coefficient (Wildman–Crippen LogP) is 4.46. The molecule has 0 radical (unpaired) electrons. The third kappa shape index (κ3) is 2.03. The molecule has 0 saturated heterocycles. The molecule has 0 amide bonds. The van der Waals surface area contributed by atoms with Gasteiger partial charge in [-0.15, -0.1) is 0 Å². The Labute approximate surface area is 113 Å². The first kappa shape index (κ1) is 12.0. The summed E-state index contributed by atoms with van der Waals surface area (Å²) in [5.41, 5.74) is 4.77. The fourth-order valence-corrected chi connectivity index (χ4v) is 2.50. The van der Waals surface area contributed by atoms with Gasteiger partial charge in [-0.3, -0.25) is 4.57 Å². The molecule has 0 aliphatic carbocycles. The van der Waals surface area contributed by atoms with E-state index in [9.17, 15) is 0 Å². The van der Waals surface area contributed by atoms with Gasteiger partial charge in [-0.1, -0.05) is 38.1 Å². The van der Waals surface area contributed by atoms with Crippen molar-refractivity contribution in [1.82, 2.24) is 9.55 Å². The molecule has 0 N–H and O–H groups in total. The minimum absolute atomic E-state index is 0.537. The highest BCUT2D eigenvalue weighted by Crippen LogP contribution is 2.23. The lowest BCUT2D eigenvalue weighted by Crippen LogP contribution is -1.98. The number of hydrogen-bond donors (Lipinski definition) is 0. The van der Waals surface area contributed by atoms with Crippen molar-refractivity contribution in [3.05, 3.63) is 59.9 Å². The predicted molar refractivity (Wildman–Crippen MR) is 79.9 cm³/mol. The van der Waals surface area contributed by atoms with Crippen molar-refractivity contribution >= 4 is 11.0 Å². The Balaban J connectivity index is 2.24. The van der Waals surface area contributed by atoms with Crippen LogP contribution in [-0.4, -0.2) is 9.55 Å². The van der Waals surface area contributed by atoms with Crippen LogP contribution in [0.25, 0.3) is 16.7 Å². The molecule has 1 aromatic heterocycles. The highest BCUT2D eigenvalue weighted by Gasteiger charge is 2.09. The van der Waals surface area contributed by atoms with E-state index in [0.717, 1.165) is 11.3 Å². The molecule has 2 heteroatoms. The maximum absolute atomic E-state index is 4.63. The maximum atomic E-state index is 4.63. The quantitative estimate of drug-likeness (QED) is 0.656. The number of hydrogen-bond acceptors (Lipinski definition) is 1. The van der Waals surface area contributed by atoms with E-state index in [1.807, 2.05) is 6.07 Å². The van der Waals surface area contributed by atoms with Gasteiger partial charge in [0.05, 0.1) is 11.0 Å². The van der Waals surface area contributed by atoms with Gasteiger partial charge >= 0.3 is 0 Å². The average molecular weight is 250 g/mol. The van der Waals surface area contributed by atoms with E-state index >= 15 is 0 Å². The average Bonchev–Trinajstić information content (AvgIpc) is 2.74. The lowest BCUT2D eigenvalue weighted by molar-refractivity contribution is 0.862. The third-order valence-corrected chi connectivity index (χ3v) is 3.52. The molecule has 0 saturated carbocycles. The second-order valence-corrected chi connectivity index (χ2v) is 5.23. The summed E-state index contributed by atoms with van der Waals surface area (Å²) in [5, 5.41) is 0. The van der Waals surface area contributed by atoms with Crippen LogP contribution in [0.15, 0.2) is 48.5 Å². The first-order chi connectivity index (χ1) is 9.16. The minimum atomic E-state index is 0.537. The summed E-state index contributed by atoms with van der Waals surface area (Å²) in [6, 6.07) is 17.0. The van der Waals surface area contributed by atoms with E-state index in [1.54, 1.807) is 0 Å². The van der Waals surface area contributed by atoms with E-state index in [0.29, 0.717) is 5.92 Å². The van der Waals surface area contributed by atoms with Gasteiger partial charge in [-0.2, -0.15) is 0 Å². The van der Waals surface area contributed by atoms with E-state index in [-0.39, 0.29) is 0 Å². The Morgan fingerprint density at radius 3 is 2.58 bits per heavy atom. The Hall–Kier alpha value is -2.09. The van der Waals surface area contributed by atoms with Crippen molar-refractivity contribution in [2.75, 3.05) is 0 Å². The fraction of sp³-hybridized carbons (Fsp3) is 0.235. The molecule has 0 bridgehead atoms. The summed E-state index contributed by atoms with van der Waals surface area (Å²) in [6.07, 6.45) is 0. The van der Waals surface area contributed by atoms with Crippen LogP contribution in [0, 0.1) is 6.92 Å². The Morgan fingerprint density at radius 2 is 1.79 bits per heavy atom. The normalized spacial score (nSPS) is 11.4. The van der Waals surface area contributed by atoms with Crippen molar-refractivity contribution in [2.45, 2.75) is 26.7 Å². The summed E-state index contributed by atoms with van der Waals surface area (Å²) in [5.74, 6) is 1.57. The Kier molecular flexibility index (Phi) is 2.86. The zero-order valence-corrected chi connectivity index (χ0v) is 11.6. The number of para-hydroxylation sites is 2. The first-order valence-electron chi connectivity index (χ1n) is 6.71. The van der Waals surface area contributed by atoms with Crippen molar-refractivity contribution in [2.24, 2.45) is 0 Å². The number of nitrogens with zero attached hydrogens (tertiary/aromatic N) is 2. The fourth-order valence-electron chi connectivity index (χ4n) is 2.50. The molecule has 0 atom stereocenters. The van der Waals surface area contributed by atoms with Gasteiger partial charge < -0.3 is 0 Å². The molecule has 0 fully saturated rings. The second kappa shape index (κ2) is 4.54. The summed E-state index contributed by atoms with van der Waals surface area (Å²) in [4.78, 5) is 4.63. The molecule has 0 unspecified atom stereocenters. The van der Waals surface area contributed by atoms with Crippen LogP contribution in [0.1, 0.15) is 31.2 Å². The van der Waals surface area contributed by atoms with E-state index in [4.69, 9.17) is 0 Å². The minimum Gasteiger partial charge on any atom is -0.297 e. The summed E-state index contributed by atoms with van der Waals surface area (Å²) in [6.45, 7) is 6.50. The van der Waals surface area contributed by atoms with Crippen LogP contribution in [0.4, 0.5) is 0 Å². The van der Waals surface area contributed by atoms with Crippen molar-refractivity contribution in [3.8, 4) is 5.69 Å². The van der Waals surface area contributed by atoms with Crippen LogP contribution in [-0.2, 0) is 0 Å². The smallest absolute Gasteiger partial charge is 0.111 e. The van der Waals surface area contributed by atoms with Crippen LogP contribution in [0.5, 0.6) is 0 Å². The SMILES string of the molecule is Cc1nc2ccccc2n1-c1cccc(C(C)C)c1. The first-order valence-corrected chi connectivity index (χ1v) is 6.71. The molecule has 0 aliphatic heterocycles. The molecule has 0 aliphatic rings. The molecule has 2 nitrogen and oxygen atoms in total. The van der Waals surface area contributed by atoms with Crippen LogP contribution in [0.2, 0.25) is 0 Å². The Bertz CT molecular complexity index is 723. The van der Waals surface area contributed by atoms with Gasteiger partial charge in [0.1, 0.15) is 5.82 Å². The zero-order valence-electron chi connectivity index (χ0n) is 11.6. The summed E-state index contributed by atoms with van der Waals surface area (Å²) >= 11 is 0. The number of rotatable bonds is 2. The second-order valence-electron chi connectivity index (χ2n) is 5.23. The standard InChI is InChI=1S/C17H18N2/c1-12(2)14-7-6-8-15(11-14)19-13(3)18-16-9-4-5-10-17(16)19/h4-12H,1-3H3. The van der Waals surface area contributed by atoms with Crippen molar-refractivity contribution in [1.29, 1.82) is 0 Å². The lowest BCUT2D eigenvalue weighted by atomic mass is 10.0. The lowest BCUT2D eigenvalue weighted by Gasteiger charge is -2.11. The van der Waals surface area contributed by atoms with Crippen molar-refractivity contribution in [3.63, 3.8) is 0 Å². The number of aryl methyl sites for hydroxylation is 1. The molecule has 1 heterocycles. The number of aromatic nitrogens is 2. The molecule has 96 valence electrons. The molecule has 19 heavy (non-hydrogen) atoms. The van der Waals surface area contributed by atoms with Gasteiger partial charge in [0.2, 0.25) is 0 Å². The van der Waals surface area contributed by atoms with Gasteiger partial charge in [0.25, 0.3) is 0 Å². The maximum Gasteiger partial charge on any atom is 0.111 e. The molecular weight excluding hydrogens is 232 g/mol. The molecule has 2 aromatic carbocycles. The van der Waals surface area contributed by atoms with Gasteiger partial charge in [-0.05, 0) is 42.7 Å². The topological polar surface area (TPSA) is 17.8 Å². The molecule has 3 aromatic rings. The molecular formula is C17H18N2. The van der Waals surface area contributed by atoms with Gasteiger partial charge in [0.15, 0.2) is 0 Å². The summed E-state index contributed by atoms with van der Waals surface area (Å²) < 4.78 is 2.22. The highest BCUT2D eigenvalue weighted by molar-refractivity contribution is 5.78. The van der Waals surface area contributed by atoms with Crippen LogP contribution < -0.4 is 0 Å². The molecule has 0 spiro atoms. The Morgan fingerprint density at radius 1 is 1.00 bits per heavy atom. The van der Waals surface area contributed by atoms with Gasteiger partial charge in [0, 0.05) is 5.69 Å². The molecule has 3 rings (SSSR count). The highest BCUT2D eigenvalue weighted by atomic mass is 15.1.